The number of likely N-dealkylation sites (tertiary alicyclic amines) is 1. The molecule has 0 saturated carbocycles. The molecule has 0 bridgehead atoms. The first-order valence-corrected chi connectivity index (χ1v) is 8.57. The van der Waals surface area contributed by atoms with E-state index in [4.69, 9.17) is 0 Å². The summed E-state index contributed by atoms with van der Waals surface area (Å²) >= 11 is 0. The van der Waals surface area contributed by atoms with Crippen LogP contribution in [-0.2, 0) is 6.54 Å². The van der Waals surface area contributed by atoms with Crippen molar-refractivity contribution in [1.29, 1.82) is 0 Å². The minimum atomic E-state index is 0.643. The van der Waals surface area contributed by atoms with Gasteiger partial charge in [0, 0.05) is 6.54 Å². The fraction of sp³-hybridized carbons (Fsp3) is 0.667. The predicted molar refractivity (Wildman–Crippen MR) is 95.4 cm³/mol. The van der Waals surface area contributed by atoms with E-state index in [1.807, 2.05) is 27.7 Å². The second kappa shape index (κ2) is 12.0. The Labute approximate surface area is 127 Å². The molecule has 1 fully saturated rings. The van der Waals surface area contributed by atoms with Crippen LogP contribution in [0.5, 0.6) is 0 Å². The zero-order chi connectivity index (χ0) is 15.4. The zero-order valence-electron chi connectivity index (χ0n) is 14.6. The molecule has 1 aliphatic heterocycles. The monoisotopic (exact) mass is 275 g/mol. The van der Waals surface area contributed by atoms with Crippen molar-refractivity contribution in [2.45, 2.75) is 67.1 Å². The number of nitrogens with zero attached hydrogens (tertiary/aromatic N) is 1. The lowest BCUT2D eigenvalue weighted by Gasteiger charge is -2.26. The van der Waals surface area contributed by atoms with Gasteiger partial charge in [0.25, 0.3) is 0 Å². The summed E-state index contributed by atoms with van der Waals surface area (Å²) in [7, 11) is 0. The number of rotatable bonds is 3. The van der Waals surface area contributed by atoms with E-state index in [0.717, 1.165) is 6.54 Å². The van der Waals surface area contributed by atoms with Gasteiger partial charge in [-0.3, -0.25) is 4.90 Å². The Morgan fingerprint density at radius 1 is 0.850 bits per heavy atom. The molecule has 1 aliphatic rings. The number of hydrogen-bond donors (Lipinski definition) is 0. The van der Waals surface area contributed by atoms with Crippen molar-refractivity contribution in [1.82, 2.24) is 4.90 Å². The highest BCUT2D eigenvalue weighted by Gasteiger charge is 2.10. The standard InChI is InChI=1S/C14H22BN.2C2H6/c1-15(2)14-8-6-13(7-9-14)12-16-10-4-3-5-11-16;2*1-2/h6-9H,3-5,10-12H2,1-2H3;2*1-2H3. The van der Waals surface area contributed by atoms with Crippen LogP contribution in [0.4, 0.5) is 0 Å². The van der Waals surface area contributed by atoms with E-state index in [1.165, 1.54) is 43.4 Å². The SMILES string of the molecule is CB(C)c1ccc(CN2CCCCC2)cc1.CC.CC. The lowest BCUT2D eigenvalue weighted by atomic mass is 9.49. The van der Waals surface area contributed by atoms with Gasteiger partial charge in [-0.2, -0.15) is 0 Å². The van der Waals surface area contributed by atoms with Gasteiger partial charge in [0.1, 0.15) is 0 Å². The van der Waals surface area contributed by atoms with E-state index in [1.54, 1.807) is 0 Å². The second-order valence-electron chi connectivity index (χ2n) is 5.23. The highest BCUT2D eigenvalue weighted by Crippen LogP contribution is 2.12. The van der Waals surface area contributed by atoms with E-state index in [-0.39, 0.29) is 0 Å². The first-order valence-electron chi connectivity index (χ1n) is 8.57. The molecule has 0 N–H and O–H groups in total. The molecule has 0 spiro atoms. The summed E-state index contributed by atoms with van der Waals surface area (Å²) < 4.78 is 0. The highest BCUT2D eigenvalue weighted by atomic mass is 15.1. The topological polar surface area (TPSA) is 3.24 Å². The molecule has 0 atom stereocenters. The molecule has 0 unspecified atom stereocenters. The van der Waals surface area contributed by atoms with Gasteiger partial charge in [0.15, 0.2) is 6.71 Å². The van der Waals surface area contributed by atoms with Crippen molar-refractivity contribution in [3.05, 3.63) is 29.8 Å². The van der Waals surface area contributed by atoms with Gasteiger partial charge < -0.3 is 0 Å². The normalized spacial score (nSPS) is 14.5. The van der Waals surface area contributed by atoms with Gasteiger partial charge in [-0.25, -0.2) is 0 Å². The summed E-state index contributed by atoms with van der Waals surface area (Å²) in [5, 5.41) is 0. The van der Waals surface area contributed by atoms with Crippen LogP contribution in [0.1, 0.15) is 52.5 Å². The van der Waals surface area contributed by atoms with Gasteiger partial charge in [0.2, 0.25) is 0 Å². The average Bonchev–Trinajstić information content (AvgIpc) is 2.53. The fourth-order valence-electron chi connectivity index (χ4n) is 2.38. The van der Waals surface area contributed by atoms with Crippen molar-refractivity contribution >= 4 is 12.2 Å². The quantitative estimate of drug-likeness (QED) is 0.723. The Hall–Kier alpha value is -0.755. The summed E-state index contributed by atoms with van der Waals surface area (Å²) in [5.74, 6) is 0. The maximum Gasteiger partial charge on any atom is 0.169 e. The van der Waals surface area contributed by atoms with Gasteiger partial charge in [-0.1, -0.05) is 77.5 Å². The summed E-state index contributed by atoms with van der Waals surface area (Å²) in [4.78, 5) is 2.58. The summed E-state index contributed by atoms with van der Waals surface area (Å²) in [6.45, 7) is 16.8. The maximum atomic E-state index is 2.58. The van der Waals surface area contributed by atoms with E-state index in [9.17, 15) is 0 Å². The number of benzene rings is 1. The van der Waals surface area contributed by atoms with Crippen molar-refractivity contribution in [2.24, 2.45) is 0 Å². The van der Waals surface area contributed by atoms with Crippen molar-refractivity contribution in [2.75, 3.05) is 13.1 Å². The molecule has 0 radical (unpaired) electrons. The third kappa shape index (κ3) is 7.14. The largest absolute Gasteiger partial charge is 0.299 e. The van der Waals surface area contributed by atoms with Crippen LogP contribution in [-0.4, -0.2) is 24.7 Å². The van der Waals surface area contributed by atoms with Gasteiger partial charge >= 0.3 is 0 Å². The van der Waals surface area contributed by atoms with Crippen LogP contribution in [0.15, 0.2) is 24.3 Å². The van der Waals surface area contributed by atoms with E-state index in [2.05, 4.69) is 42.8 Å². The molecule has 20 heavy (non-hydrogen) atoms. The zero-order valence-corrected chi connectivity index (χ0v) is 14.6. The Morgan fingerprint density at radius 2 is 1.35 bits per heavy atom. The molecule has 114 valence electrons. The molecule has 1 nitrogen and oxygen atoms in total. The average molecular weight is 275 g/mol. The predicted octanol–water partition coefficient (Wildman–Crippen LogP) is 4.69. The van der Waals surface area contributed by atoms with Crippen LogP contribution in [0, 0.1) is 0 Å². The Morgan fingerprint density at radius 3 is 1.80 bits per heavy atom. The lowest BCUT2D eigenvalue weighted by molar-refractivity contribution is 0.221. The Kier molecular flexibility index (Phi) is 11.6. The molecular formula is C18H34BN. The van der Waals surface area contributed by atoms with Gasteiger partial charge in [0.05, 0.1) is 0 Å². The lowest BCUT2D eigenvalue weighted by Crippen LogP contribution is -2.29. The van der Waals surface area contributed by atoms with Gasteiger partial charge in [-0.05, 0) is 31.5 Å². The van der Waals surface area contributed by atoms with E-state index >= 15 is 0 Å². The summed E-state index contributed by atoms with van der Waals surface area (Å²) in [6, 6.07) is 9.15. The second-order valence-corrected chi connectivity index (χ2v) is 5.23. The van der Waals surface area contributed by atoms with Gasteiger partial charge in [-0.15, -0.1) is 0 Å². The molecule has 1 saturated heterocycles. The Balaban J connectivity index is 0.000000829. The highest BCUT2D eigenvalue weighted by molar-refractivity contribution is 6.70. The molecular weight excluding hydrogens is 241 g/mol. The number of piperidine rings is 1. The summed E-state index contributed by atoms with van der Waals surface area (Å²) in [5.41, 5.74) is 2.91. The molecule has 0 aromatic heterocycles. The summed E-state index contributed by atoms with van der Waals surface area (Å²) in [6.07, 6.45) is 4.18. The van der Waals surface area contributed by atoms with Crippen molar-refractivity contribution in [3.8, 4) is 0 Å². The molecule has 0 aliphatic carbocycles. The third-order valence-electron chi connectivity index (χ3n) is 3.50. The Bertz CT molecular complexity index is 313. The van der Waals surface area contributed by atoms with Crippen molar-refractivity contribution < 1.29 is 0 Å². The molecule has 1 heterocycles. The molecule has 1 aromatic rings. The molecule has 0 amide bonds. The van der Waals surface area contributed by atoms with E-state index < -0.39 is 0 Å². The van der Waals surface area contributed by atoms with Crippen LogP contribution < -0.4 is 5.46 Å². The third-order valence-corrected chi connectivity index (χ3v) is 3.50. The van der Waals surface area contributed by atoms with E-state index in [0.29, 0.717) is 6.71 Å². The molecule has 2 rings (SSSR count). The number of hydrogen-bond acceptors (Lipinski definition) is 1. The van der Waals surface area contributed by atoms with Crippen molar-refractivity contribution in [3.63, 3.8) is 0 Å². The maximum absolute atomic E-state index is 2.58. The van der Waals surface area contributed by atoms with Crippen LogP contribution in [0.25, 0.3) is 0 Å². The first kappa shape index (κ1) is 19.2. The van der Waals surface area contributed by atoms with Crippen LogP contribution in [0.2, 0.25) is 13.6 Å². The molecule has 2 heteroatoms. The fourth-order valence-corrected chi connectivity index (χ4v) is 2.38. The minimum absolute atomic E-state index is 0.643. The first-order chi connectivity index (χ1) is 9.75. The van der Waals surface area contributed by atoms with Crippen LogP contribution in [0.3, 0.4) is 0 Å². The van der Waals surface area contributed by atoms with Crippen LogP contribution >= 0.6 is 0 Å². The molecule has 1 aromatic carbocycles. The minimum Gasteiger partial charge on any atom is -0.299 e. The smallest absolute Gasteiger partial charge is 0.169 e.